The van der Waals surface area contributed by atoms with Crippen LogP contribution in [0.15, 0.2) is 84.9 Å². The zero-order valence-corrected chi connectivity index (χ0v) is 19.6. The number of hydrogen-bond acceptors (Lipinski definition) is 4. The average Bonchev–Trinajstić information content (AvgIpc) is 2.84. The van der Waals surface area contributed by atoms with Gasteiger partial charge in [0.25, 0.3) is 0 Å². The van der Waals surface area contributed by atoms with Gasteiger partial charge >= 0.3 is 12.4 Å². The standard InChI is InChI=1S/C27H18F8N2O2/c28-19-11-9-15(36)13-23(19)38-21-7-3-1-5-17(21)25(26(30,31)32,27(33,34)35)18-6-2-4-8-22(18)39-24-14-16(37)10-12-20(24)29/h1-14H,36-37H2. The molecule has 4 nitrogen and oxygen atoms in total. The van der Waals surface area contributed by atoms with Crippen LogP contribution in [-0.4, -0.2) is 12.4 Å². The predicted octanol–water partition coefficient (Wildman–Crippen LogP) is 8.12. The van der Waals surface area contributed by atoms with E-state index < -0.39 is 63.5 Å². The summed E-state index contributed by atoms with van der Waals surface area (Å²) in [7, 11) is 0. The third kappa shape index (κ3) is 5.01. The van der Waals surface area contributed by atoms with Crippen LogP contribution in [0, 0.1) is 11.6 Å². The Labute approximate surface area is 216 Å². The van der Waals surface area contributed by atoms with Gasteiger partial charge in [-0.3, -0.25) is 0 Å². The fourth-order valence-corrected chi connectivity index (χ4v) is 4.08. The van der Waals surface area contributed by atoms with E-state index in [-0.39, 0.29) is 11.4 Å². The molecule has 0 aromatic heterocycles. The van der Waals surface area contributed by atoms with E-state index in [1.165, 1.54) is 0 Å². The Kier molecular flexibility index (Phi) is 7.07. The van der Waals surface area contributed by atoms with Gasteiger partial charge < -0.3 is 20.9 Å². The van der Waals surface area contributed by atoms with Gasteiger partial charge in [-0.15, -0.1) is 0 Å². The molecule has 12 heteroatoms. The average molecular weight is 554 g/mol. The van der Waals surface area contributed by atoms with E-state index in [9.17, 15) is 35.1 Å². The molecule has 4 N–H and O–H groups in total. The van der Waals surface area contributed by atoms with Crippen LogP contribution < -0.4 is 20.9 Å². The van der Waals surface area contributed by atoms with Crippen molar-refractivity contribution in [1.29, 1.82) is 0 Å². The van der Waals surface area contributed by atoms with Crippen LogP contribution in [-0.2, 0) is 5.41 Å². The van der Waals surface area contributed by atoms with Crippen molar-refractivity contribution < 1.29 is 44.6 Å². The van der Waals surface area contributed by atoms with Gasteiger partial charge in [0, 0.05) is 34.6 Å². The highest BCUT2D eigenvalue weighted by molar-refractivity contribution is 5.57. The highest BCUT2D eigenvalue weighted by Crippen LogP contribution is 2.60. The van der Waals surface area contributed by atoms with E-state index in [0.29, 0.717) is 12.1 Å². The Balaban J connectivity index is 2.02. The second-order valence-electron chi connectivity index (χ2n) is 8.32. The Hall–Kier alpha value is -4.48. The molecule has 0 radical (unpaired) electrons. The normalized spacial score (nSPS) is 12.3. The van der Waals surface area contributed by atoms with Crippen LogP contribution in [0.5, 0.6) is 23.0 Å². The van der Waals surface area contributed by atoms with Crippen LogP contribution in [0.3, 0.4) is 0 Å². The first-order valence-electron chi connectivity index (χ1n) is 11.0. The summed E-state index contributed by atoms with van der Waals surface area (Å²) in [5.41, 5.74) is 3.46. The molecule has 0 aliphatic carbocycles. The topological polar surface area (TPSA) is 70.5 Å². The molecule has 0 saturated carbocycles. The van der Waals surface area contributed by atoms with E-state index >= 15 is 0 Å². The molecule has 0 heterocycles. The molecule has 0 unspecified atom stereocenters. The molecular weight excluding hydrogens is 536 g/mol. The number of para-hydroxylation sites is 2. The third-order valence-corrected chi connectivity index (χ3v) is 5.78. The smallest absolute Gasteiger partial charge is 0.411 e. The Morgan fingerprint density at radius 2 is 0.846 bits per heavy atom. The van der Waals surface area contributed by atoms with Crippen LogP contribution in [0.1, 0.15) is 11.1 Å². The number of hydrogen-bond donors (Lipinski definition) is 2. The van der Waals surface area contributed by atoms with Gasteiger partial charge in [0.1, 0.15) is 11.5 Å². The van der Waals surface area contributed by atoms with E-state index in [2.05, 4.69) is 0 Å². The van der Waals surface area contributed by atoms with Gasteiger partial charge in [0.15, 0.2) is 23.1 Å². The fourth-order valence-electron chi connectivity index (χ4n) is 4.08. The molecular formula is C27H18F8N2O2. The summed E-state index contributed by atoms with van der Waals surface area (Å²) in [5, 5.41) is 0. The maximum Gasteiger partial charge on any atom is 0.411 e. The van der Waals surface area contributed by atoms with Gasteiger partial charge in [-0.05, 0) is 36.4 Å². The summed E-state index contributed by atoms with van der Waals surface area (Å²) >= 11 is 0. The monoisotopic (exact) mass is 554 g/mol. The lowest BCUT2D eigenvalue weighted by Gasteiger charge is -2.39. The van der Waals surface area contributed by atoms with E-state index in [1.807, 2.05) is 0 Å². The van der Waals surface area contributed by atoms with Crippen molar-refractivity contribution in [2.45, 2.75) is 17.8 Å². The maximum absolute atomic E-state index is 14.9. The molecule has 0 aliphatic heterocycles. The largest absolute Gasteiger partial charge is 0.454 e. The number of nitrogens with two attached hydrogens (primary N) is 2. The summed E-state index contributed by atoms with van der Waals surface area (Å²) in [4.78, 5) is 0. The zero-order valence-electron chi connectivity index (χ0n) is 19.6. The van der Waals surface area contributed by atoms with Crippen LogP contribution in [0.4, 0.5) is 46.5 Å². The van der Waals surface area contributed by atoms with Gasteiger partial charge in [-0.25, -0.2) is 8.78 Å². The van der Waals surface area contributed by atoms with Crippen molar-refractivity contribution in [2.24, 2.45) is 0 Å². The first kappa shape index (κ1) is 27.6. The number of nitrogen functional groups attached to an aromatic ring is 2. The Bertz CT molecular complexity index is 1390. The van der Waals surface area contributed by atoms with Crippen molar-refractivity contribution in [3.8, 4) is 23.0 Å². The van der Waals surface area contributed by atoms with Gasteiger partial charge in [0.05, 0.1) is 0 Å². The minimum Gasteiger partial charge on any atom is -0.454 e. The fraction of sp³-hybridized carbons (Fsp3) is 0.111. The molecule has 0 spiro atoms. The molecule has 0 amide bonds. The van der Waals surface area contributed by atoms with E-state index in [0.717, 1.165) is 72.8 Å². The molecule has 0 atom stereocenters. The Morgan fingerprint density at radius 1 is 0.487 bits per heavy atom. The van der Waals surface area contributed by atoms with Crippen molar-refractivity contribution in [3.63, 3.8) is 0 Å². The minimum absolute atomic E-state index is 0.0512. The Morgan fingerprint density at radius 3 is 1.21 bits per heavy atom. The molecule has 0 bridgehead atoms. The molecule has 4 rings (SSSR count). The maximum atomic E-state index is 14.9. The molecule has 39 heavy (non-hydrogen) atoms. The SMILES string of the molecule is Nc1ccc(F)c(Oc2ccccc2C(c2ccccc2Oc2cc(N)ccc2F)(C(F)(F)F)C(F)(F)F)c1. The lowest BCUT2D eigenvalue weighted by Crippen LogP contribution is -2.55. The summed E-state index contributed by atoms with van der Waals surface area (Å²) in [6.07, 6.45) is -12.1. The third-order valence-electron chi connectivity index (χ3n) is 5.78. The number of anilines is 2. The lowest BCUT2D eigenvalue weighted by molar-refractivity contribution is -0.289. The second-order valence-corrected chi connectivity index (χ2v) is 8.32. The van der Waals surface area contributed by atoms with Gasteiger partial charge in [-0.1, -0.05) is 36.4 Å². The minimum atomic E-state index is -6.06. The summed E-state index contributed by atoms with van der Waals surface area (Å²) in [6, 6.07) is 12.6. The molecule has 0 aliphatic rings. The zero-order chi connectivity index (χ0) is 28.6. The van der Waals surface area contributed by atoms with Crippen molar-refractivity contribution in [1.82, 2.24) is 0 Å². The molecule has 204 valence electrons. The highest BCUT2D eigenvalue weighted by atomic mass is 19.4. The van der Waals surface area contributed by atoms with Crippen LogP contribution in [0.2, 0.25) is 0 Å². The molecule has 0 saturated heterocycles. The van der Waals surface area contributed by atoms with Crippen molar-refractivity contribution in [2.75, 3.05) is 11.5 Å². The van der Waals surface area contributed by atoms with Crippen LogP contribution >= 0.6 is 0 Å². The first-order chi connectivity index (χ1) is 18.3. The number of alkyl halides is 6. The molecule has 4 aromatic rings. The quantitative estimate of drug-likeness (QED) is 0.187. The second kappa shape index (κ2) is 10.0. The molecule has 0 fully saturated rings. The molecule has 4 aromatic carbocycles. The van der Waals surface area contributed by atoms with Crippen LogP contribution in [0.25, 0.3) is 0 Å². The van der Waals surface area contributed by atoms with Crippen molar-refractivity contribution in [3.05, 3.63) is 108 Å². The predicted molar refractivity (Wildman–Crippen MR) is 128 cm³/mol. The van der Waals surface area contributed by atoms with Gasteiger partial charge in [-0.2, -0.15) is 26.3 Å². The first-order valence-corrected chi connectivity index (χ1v) is 11.0. The lowest BCUT2D eigenvalue weighted by atomic mass is 9.72. The number of halogens is 8. The number of rotatable bonds is 6. The number of benzene rings is 4. The summed E-state index contributed by atoms with van der Waals surface area (Å²) in [5.74, 6) is -5.48. The van der Waals surface area contributed by atoms with Gasteiger partial charge in [0.2, 0.25) is 5.41 Å². The number of ether oxygens (including phenoxy) is 2. The van der Waals surface area contributed by atoms with E-state index in [1.54, 1.807) is 0 Å². The van der Waals surface area contributed by atoms with E-state index in [4.69, 9.17) is 20.9 Å². The highest BCUT2D eigenvalue weighted by Gasteiger charge is 2.74. The summed E-state index contributed by atoms with van der Waals surface area (Å²) in [6.45, 7) is 0. The summed E-state index contributed by atoms with van der Waals surface area (Å²) < 4.78 is 129. The van der Waals surface area contributed by atoms with Crippen molar-refractivity contribution >= 4 is 11.4 Å².